The third kappa shape index (κ3) is 6.58. The highest BCUT2D eigenvalue weighted by Gasteiger charge is 2.50. The van der Waals surface area contributed by atoms with Gasteiger partial charge in [0.2, 0.25) is 0 Å². The monoisotopic (exact) mass is 419 g/mol. The Morgan fingerprint density at radius 2 is 1.97 bits per heavy atom. The first kappa shape index (κ1) is 23.4. The van der Waals surface area contributed by atoms with Gasteiger partial charge in [0.15, 0.2) is 0 Å². The molecule has 0 radical (unpaired) electrons. The molecule has 1 aromatic carbocycles. The topological polar surface area (TPSA) is 68.2 Å². The number of ether oxygens (including phenoxy) is 2. The van der Waals surface area contributed by atoms with Crippen LogP contribution in [0.3, 0.4) is 0 Å². The van der Waals surface area contributed by atoms with E-state index in [4.69, 9.17) is 20.7 Å². The molecular weight excluding hydrogens is 386 g/mol. The lowest BCUT2D eigenvalue weighted by molar-refractivity contribution is -0.162. The van der Waals surface area contributed by atoms with Gasteiger partial charge < -0.3 is 14.6 Å². The SMILES string of the molecule is C#C[C@@H](C)[C@H]1ON(C(=O)OCC[Si](C)(C)C)[C@H]([C@@H](C)OCc2ccccc2)[C@H]1O. The van der Waals surface area contributed by atoms with E-state index < -0.39 is 38.5 Å². The fourth-order valence-electron chi connectivity index (χ4n) is 3.12. The van der Waals surface area contributed by atoms with Crippen molar-refractivity contribution >= 4 is 14.2 Å². The maximum Gasteiger partial charge on any atom is 0.434 e. The Balaban J connectivity index is 2.08. The van der Waals surface area contributed by atoms with E-state index in [0.717, 1.165) is 16.7 Å². The molecule has 1 aliphatic heterocycles. The van der Waals surface area contributed by atoms with Crippen molar-refractivity contribution < 1.29 is 24.2 Å². The molecule has 0 unspecified atom stereocenters. The fourth-order valence-corrected chi connectivity index (χ4v) is 3.83. The average Bonchev–Trinajstić information content (AvgIpc) is 3.02. The number of rotatable bonds is 8. The summed E-state index contributed by atoms with van der Waals surface area (Å²) in [6, 6.07) is 9.86. The Morgan fingerprint density at radius 3 is 2.55 bits per heavy atom. The number of hydroxylamine groups is 2. The third-order valence-corrected chi connectivity index (χ3v) is 6.75. The predicted molar refractivity (Wildman–Crippen MR) is 115 cm³/mol. The first-order valence-corrected chi connectivity index (χ1v) is 13.8. The summed E-state index contributed by atoms with van der Waals surface area (Å²) >= 11 is 0. The quantitative estimate of drug-likeness (QED) is 0.514. The van der Waals surface area contributed by atoms with Gasteiger partial charge in [0.1, 0.15) is 18.2 Å². The number of terminal acetylenes is 1. The number of benzene rings is 1. The second-order valence-electron chi connectivity index (χ2n) is 8.76. The summed E-state index contributed by atoms with van der Waals surface area (Å²) in [6.07, 6.45) is 2.75. The fraction of sp³-hybridized carbons (Fsp3) is 0.591. The first-order valence-electron chi connectivity index (χ1n) is 10.1. The van der Waals surface area contributed by atoms with Crippen LogP contribution in [0.2, 0.25) is 25.7 Å². The lowest BCUT2D eigenvalue weighted by atomic mass is 9.94. The Morgan fingerprint density at radius 1 is 1.31 bits per heavy atom. The molecule has 1 amide bonds. The van der Waals surface area contributed by atoms with Gasteiger partial charge in [-0.05, 0) is 25.5 Å². The van der Waals surface area contributed by atoms with Crippen LogP contribution in [0.4, 0.5) is 4.79 Å². The van der Waals surface area contributed by atoms with E-state index in [0.29, 0.717) is 13.2 Å². The summed E-state index contributed by atoms with van der Waals surface area (Å²) in [4.78, 5) is 18.5. The average molecular weight is 420 g/mol. The molecule has 0 aliphatic carbocycles. The van der Waals surface area contributed by atoms with Gasteiger partial charge in [-0.3, -0.25) is 4.84 Å². The van der Waals surface area contributed by atoms with Gasteiger partial charge in [-0.1, -0.05) is 50.0 Å². The molecule has 1 saturated heterocycles. The molecule has 5 atom stereocenters. The van der Waals surface area contributed by atoms with Crippen molar-refractivity contribution in [2.75, 3.05) is 6.61 Å². The molecule has 160 valence electrons. The van der Waals surface area contributed by atoms with Crippen molar-refractivity contribution in [2.24, 2.45) is 5.92 Å². The van der Waals surface area contributed by atoms with Crippen LogP contribution in [0.25, 0.3) is 0 Å². The third-order valence-electron chi connectivity index (χ3n) is 5.04. The van der Waals surface area contributed by atoms with Crippen LogP contribution < -0.4 is 0 Å². The molecular formula is C22H33NO5Si. The summed E-state index contributed by atoms with van der Waals surface area (Å²) in [6.45, 7) is 10.9. The zero-order chi connectivity index (χ0) is 21.6. The molecule has 1 N–H and O–H groups in total. The molecule has 0 aromatic heterocycles. The minimum Gasteiger partial charge on any atom is -0.448 e. The number of nitrogens with zero attached hydrogens (tertiary/aromatic N) is 1. The highest BCUT2D eigenvalue weighted by Crippen LogP contribution is 2.31. The zero-order valence-electron chi connectivity index (χ0n) is 18.0. The zero-order valence-corrected chi connectivity index (χ0v) is 19.0. The number of aliphatic hydroxyl groups is 1. The van der Waals surface area contributed by atoms with Crippen molar-refractivity contribution in [1.82, 2.24) is 5.06 Å². The van der Waals surface area contributed by atoms with Gasteiger partial charge in [-0.25, -0.2) is 4.79 Å². The number of carbonyl (C=O) groups excluding carboxylic acids is 1. The number of hydrogen-bond donors (Lipinski definition) is 1. The Hall–Kier alpha value is -1.85. The van der Waals surface area contributed by atoms with E-state index in [1.807, 2.05) is 37.3 Å². The molecule has 6 nitrogen and oxygen atoms in total. The Bertz CT molecular complexity index is 699. The number of hydrogen-bond acceptors (Lipinski definition) is 5. The molecule has 29 heavy (non-hydrogen) atoms. The second kappa shape index (κ2) is 10.3. The first-order chi connectivity index (χ1) is 13.6. The van der Waals surface area contributed by atoms with Gasteiger partial charge in [0.05, 0.1) is 19.3 Å². The van der Waals surface area contributed by atoms with Crippen LogP contribution >= 0.6 is 0 Å². The van der Waals surface area contributed by atoms with Crippen molar-refractivity contribution in [1.29, 1.82) is 0 Å². The minimum absolute atomic E-state index is 0.325. The Kier molecular flexibility index (Phi) is 8.29. The molecule has 1 aliphatic rings. The van der Waals surface area contributed by atoms with Crippen LogP contribution in [-0.4, -0.2) is 55.3 Å². The summed E-state index contributed by atoms with van der Waals surface area (Å²) in [5.41, 5.74) is 1.01. The van der Waals surface area contributed by atoms with Crippen LogP contribution in [0.5, 0.6) is 0 Å². The normalized spacial score (nSPS) is 24.0. The summed E-state index contributed by atoms with van der Waals surface area (Å²) in [7, 11) is -1.34. The number of aliphatic hydroxyl groups excluding tert-OH is 1. The van der Waals surface area contributed by atoms with Crippen LogP contribution in [-0.2, 0) is 20.9 Å². The van der Waals surface area contributed by atoms with E-state index in [1.165, 1.54) is 0 Å². The molecule has 7 heteroatoms. The van der Waals surface area contributed by atoms with Crippen molar-refractivity contribution in [3.05, 3.63) is 35.9 Å². The van der Waals surface area contributed by atoms with Gasteiger partial charge in [0, 0.05) is 14.0 Å². The largest absolute Gasteiger partial charge is 0.448 e. The van der Waals surface area contributed by atoms with Crippen LogP contribution in [0.15, 0.2) is 30.3 Å². The summed E-state index contributed by atoms with van der Waals surface area (Å²) < 4.78 is 11.4. The standard InChI is InChI=1S/C22H33NO5Si/c1-7-16(2)21-20(24)19(17(3)27-15-18-11-9-8-10-12-18)23(28-21)22(25)26-13-14-29(4,5)6/h1,8-12,16-17,19-21,24H,13-15H2,2-6H3/t16-,17-,19-,20-,21-/m1/s1. The number of carbonyl (C=O) groups is 1. The molecule has 0 spiro atoms. The van der Waals surface area contributed by atoms with E-state index in [2.05, 4.69) is 25.6 Å². The van der Waals surface area contributed by atoms with Crippen LogP contribution in [0, 0.1) is 18.3 Å². The number of amides is 1. The second-order valence-corrected chi connectivity index (χ2v) is 14.4. The minimum atomic E-state index is -1.34. The van der Waals surface area contributed by atoms with Gasteiger partial charge in [-0.2, -0.15) is 5.06 Å². The van der Waals surface area contributed by atoms with Crippen molar-refractivity contribution in [2.45, 2.75) is 70.5 Å². The summed E-state index contributed by atoms with van der Waals surface area (Å²) in [5.74, 6) is 2.21. The van der Waals surface area contributed by atoms with Gasteiger partial charge in [0.25, 0.3) is 0 Å². The lowest BCUT2D eigenvalue weighted by Crippen LogP contribution is -2.48. The van der Waals surface area contributed by atoms with E-state index in [1.54, 1.807) is 6.92 Å². The molecule has 1 aromatic rings. The summed E-state index contributed by atoms with van der Waals surface area (Å²) in [5, 5.41) is 12.0. The van der Waals surface area contributed by atoms with Gasteiger partial charge >= 0.3 is 6.09 Å². The highest BCUT2D eigenvalue weighted by atomic mass is 28.3. The van der Waals surface area contributed by atoms with Crippen LogP contribution in [0.1, 0.15) is 19.4 Å². The van der Waals surface area contributed by atoms with E-state index in [9.17, 15) is 9.90 Å². The van der Waals surface area contributed by atoms with E-state index >= 15 is 0 Å². The maximum atomic E-state index is 12.7. The molecule has 1 fully saturated rings. The predicted octanol–water partition coefficient (Wildman–Crippen LogP) is 3.68. The lowest BCUT2D eigenvalue weighted by Gasteiger charge is -2.28. The molecule has 1 heterocycles. The van der Waals surface area contributed by atoms with Crippen molar-refractivity contribution in [3.8, 4) is 12.3 Å². The molecule has 0 bridgehead atoms. The molecule has 2 rings (SSSR count). The highest BCUT2D eigenvalue weighted by molar-refractivity contribution is 6.76. The maximum absolute atomic E-state index is 12.7. The van der Waals surface area contributed by atoms with E-state index in [-0.39, 0.29) is 5.92 Å². The Labute approximate surface area is 175 Å². The van der Waals surface area contributed by atoms with Gasteiger partial charge in [-0.15, -0.1) is 12.3 Å². The smallest absolute Gasteiger partial charge is 0.434 e. The van der Waals surface area contributed by atoms with Crippen molar-refractivity contribution in [3.63, 3.8) is 0 Å². The molecule has 0 saturated carbocycles.